The molecule has 0 saturated heterocycles. The van der Waals surface area contributed by atoms with Crippen molar-refractivity contribution in [2.24, 2.45) is 34.5 Å². The van der Waals surface area contributed by atoms with Gasteiger partial charge >= 0.3 is 5.97 Å². The predicted molar refractivity (Wildman–Crippen MR) is 134 cm³/mol. The lowest BCUT2D eigenvalue weighted by molar-refractivity contribution is -0.146. The Morgan fingerprint density at radius 1 is 1.00 bits per heavy atom. The topological polar surface area (TPSA) is 55.4 Å². The Hall–Kier alpha value is -2.10. The normalized spacial score (nSPS) is 39.6. The molecule has 4 nitrogen and oxygen atoms in total. The molecule has 8 atom stereocenters. The van der Waals surface area contributed by atoms with Gasteiger partial charge in [-0.2, -0.15) is 0 Å². The van der Waals surface area contributed by atoms with Gasteiger partial charge in [-0.1, -0.05) is 49.8 Å². The van der Waals surface area contributed by atoms with E-state index in [0.29, 0.717) is 17.8 Å². The monoisotopic (exact) mass is 463 g/mol. The Bertz CT molecular complexity index is 971. The quantitative estimate of drug-likeness (QED) is 0.417. The predicted octanol–water partition coefficient (Wildman–Crippen LogP) is 6.37. The highest BCUT2D eigenvalue weighted by Gasteiger charge is 2.60. The van der Waals surface area contributed by atoms with Crippen LogP contribution >= 0.6 is 0 Å². The van der Waals surface area contributed by atoms with Crippen molar-refractivity contribution in [1.82, 2.24) is 5.32 Å². The first-order valence-corrected chi connectivity index (χ1v) is 13.5. The van der Waals surface area contributed by atoms with Gasteiger partial charge in [-0.05, 0) is 98.5 Å². The first kappa shape index (κ1) is 23.6. The molecule has 4 heteroatoms. The van der Waals surface area contributed by atoms with Gasteiger partial charge < -0.3 is 10.1 Å². The minimum atomic E-state index is -0.176. The second-order valence-electron chi connectivity index (χ2n) is 12.0. The van der Waals surface area contributed by atoms with Crippen molar-refractivity contribution in [3.05, 3.63) is 47.5 Å². The molecule has 0 aromatic heterocycles. The zero-order valence-electron chi connectivity index (χ0n) is 21.3. The van der Waals surface area contributed by atoms with Gasteiger partial charge in [0.1, 0.15) is 6.10 Å². The zero-order chi connectivity index (χ0) is 24.1. The summed E-state index contributed by atoms with van der Waals surface area (Å²) < 4.78 is 5.55. The number of rotatable bonds is 4. The van der Waals surface area contributed by atoms with Crippen molar-refractivity contribution in [3.8, 4) is 0 Å². The van der Waals surface area contributed by atoms with Gasteiger partial charge in [0.2, 0.25) is 5.91 Å². The zero-order valence-corrected chi connectivity index (χ0v) is 21.3. The fourth-order valence-electron chi connectivity index (χ4n) is 8.57. The number of hydrogen-bond donors (Lipinski definition) is 1. The second kappa shape index (κ2) is 8.84. The molecule has 1 aromatic rings. The molecule has 1 amide bonds. The SMILES string of the molecule is CC(=O)O[C@@H]1C=C2CC[C@H]3[C@@H]4CC[C@H](C(=O)N[C@H](C)c5ccccc5)[C@@]4(C)CC[C@@H]3[C@@]2(C)CC1. The van der Waals surface area contributed by atoms with Gasteiger partial charge in [-0.3, -0.25) is 9.59 Å². The Morgan fingerprint density at radius 3 is 2.50 bits per heavy atom. The Balaban J connectivity index is 1.31. The maximum Gasteiger partial charge on any atom is 0.303 e. The number of carbonyl (C=O) groups is 2. The van der Waals surface area contributed by atoms with Crippen molar-refractivity contribution in [3.63, 3.8) is 0 Å². The summed E-state index contributed by atoms with van der Waals surface area (Å²) in [6.45, 7) is 8.51. The van der Waals surface area contributed by atoms with Crippen molar-refractivity contribution in [2.75, 3.05) is 0 Å². The van der Waals surface area contributed by atoms with E-state index in [1.165, 1.54) is 37.3 Å². The molecule has 3 fully saturated rings. The van der Waals surface area contributed by atoms with Crippen LogP contribution in [-0.4, -0.2) is 18.0 Å². The first-order chi connectivity index (χ1) is 16.2. The van der Waals surface area contributed by atoms with Crippen LogP contribution in [0.15, 0.2) is 42.0 Å². The van der Waals surface area contributed by atoms with Crippen molar-refractivity contribution >= 4 is 11.9 Å². The Morgan fingerprint density at radius 2 is 1.76 bits per heavy atom. The van der Waals surface area contributed by atoms with E-state index in [1.54, 1.807) is 0 Å². The van der Waals surface area contributed by atoms with Gasteiger partial charge in [0, 0.05) is 12.8 Å². The molecule has 34 heavy (non-hydrogen) atoms. The highest BCUT2D eigenvalue weighted by atomic mass is 16.5. The minimum Gasteiger partial charge on any atom is -0.458 e. The van der Waals surface area contributed by atoms with E-state index in [2.05, 4.69) is 44.3 Å². The Kier molecular flexibility index (Phi) is 6.14. The summed E-state index contributed by atoms with van der Waals surface area (Å²) in [7, 11) is 0. The highest BCUT2D eigenvalue weighted by molar-refractivity contribution is 5.80. The van der Waals surface area contributed by atoms with Gasteiger partial charge in [0.25, 0.3) is 0 Å². The molecule has 3 saturated carbocycles. The molecule has 4 aliphatic carbocycles. The van der Waals surface area contributed by atoms with Gasteiger partial charge in [-0.15, -0.1) is 0 Å². The number of benzene rings is 1. The van der Waals surface area contributed by atoms with Crippen molar-refractivity contribution < 1.29 is 14.3 Å². The average molecular weight is 464 g/mol. The standard InChI is InChI=1S/C30H41NO3/c1-19(21-8-6-5-7-9-21)31-28(33)27-13-12-25-24-11-10-22-18-23(34-20(2)32)14-16-29(22,3)26(24)15-17-30(25,27)4/h5-9,18-19,23-27H,10-17H2,1-4H3,(H,31,33)/t19-,23+,24+,25+,26+,27-,29+,30+/m1/s1. The number of amides is 1. The third-order valence-electron chi connectivity index (χ3n) is 10.4. The smallest absolute Gasteiger partial charge is 0.303 e. The van der Waals surface area contributed by atoms with E-state index in [0.717, 1.165) is 32.1 Å². The number of hydrogen-bond acceptors (Lipinski definition) is 3. The maximum absolute atomic E-state index is 13.5. The van der Waals surface area contributed by atoms with Crippen LogP contribution in [-0.2, 0) is 14.3 Å². The number of carbonyl (C=O) groups excluding carboxylic acids is 2. The van der Waals surface area contributed by atoms with Crippen LogP contribution in [0.2, 0.25) is 0 Å². The molecular weight excluding hydrogens is 422 g/mol. The van der Waals surface area contributed by atoms with E-state index >= 15 is 0 Å². The molecule has 4 aliphatic rings. The molecule has 0 aliphatic heterocycles. The van der Waals surface area contributed by atoms with Crippen LogP contribution in [0.3, 0.4) is 0 Å². The van der Waals surface area contributed by atoms with Crippen LogP contribution in [0.5, 0.6) is 0 Å². The molecule has 0 heterocycles. The third-order valence-corrected chi connectivity index (χ3v) is 10.4. The lowest BCUT2D eigenvalue weighted by Crippen LogP contribution is -2.52. The number of ether oxygens (including phenoxy) is 1. The Labute approximate surface area is 204 Å². The van der Waals surface area contributed by atoms with Crippen LogP contribution in [0.25, 0.3) is 0 Å². The summed E-state index contributed by atoms with van der Waals surface area (Å²) in [6.07, 6.45) is 11.2. The van der Waals surface area contributed by atoms with E-state index in [4.69, 9.17) is 4.74 Å². The van der Waals surface area contributed by atoms with Gasteiger partial charge in [-0.25, -0.2) is 0 Å². The highest BCUT2D eigenvalue weighted by Crippen LogP contribution is 2.66. The van der Waals surface area contributed by atoms with Crippen molar-refractivity contribution in [2.45, 2.75) is 91.2 Å². The minimum absolute atomic E-state index is 0.0429. The molecule has 0 spiro atoms. The lowest BCUT2D eigenvalue weighted by Gasteiger charge is -2.58. The van der Waals surface area contributed by atoms with Crippen LogP contribution in [0.4, 0.5) is 0 Å². The second-order valence-corrected chi connectivity index (χ2v) is 12.0. The molecular formula is C30H41NO3. The summed E-state index contributed by atoms with van der Waals surface area (Å²) >= 11 is 0. The molecule has 0 radical (unpaired) electrons. The third kappa shape index (κ3) is 3.91. The maximum atomic E-state index is 13.5. The van der Waals surface area contributed by atoms with Gasteiger partial charge in [0.05, 0.1) is 6.04 Å². The average Bonchev–Trinajstić information content (AvgIpc) is 3.17. The van der Waals surface area contributed by atoms with Crippen LogP contribution in [0, 0.1) is 34.5 Å². The number of esters is 1. The number of allylic oxidation sites excluding steroid dienone is 1. The number of fused-ring (bicyclic) bond motifs is 5. The van der Waals surface area contributed by atoms with Crippen molar-refractivity contribution in [1.29, 1.82) is 0 Å². The molecule has 5 rings (SSSR count). The summed E-state index contributed by atoms with van der Waals surface area (Å²) in [5, 5.41) is 3.35. The van der Waals surface area contributed by atoms with Crippen LogP contribution < -0.4 is 5.32 Å². The molecule has 0 bridgehead atoms. The largest absolute Gasteiger partial charge is 0.458 e. The number of nitrogens with one attached hydrogen (secondary N) is 1. The fourth-order valence-corrected chi connectivity index (χ4v) is 8.57. The molecule has 0 unspecified atom stereocenters. The lowest BCUT2D eigenvalue weighted by atomic mass is 9.47. The summed E-state index contributed by atoms with van der Waals surface area (Å²) in [4.78, 5) is 25.0. The molecule has 1 N–H and O–H groups in total. The molecule has 184 valence electrons. The van der Waals surface area contributed by atoms with E-state index in [9.17, 15) is 9.59 Å². The van der Waals surface area contributed by atoms with E-state index in [1.807, 2.05) is 18.2 Å². The van der Waals surface area contributed by atoms with Gasteiger partial charge in [0.15, 0.2) is 0 Å². The van der Waals surface area contributed by atoms with Crippen LogP contribution in [0.1, 0.15) is 90.7 Å². The fraction of sp³-hybridized carbons (Fsp3) is 0.667. The molecule has 1 aromatic carbocycles. The summed E-state index contributed by atoms with van der Waals surface area (Å²) in [5.41, 5.74) is 3.03. The van der Waals surface area contributed by atoms with E-state index < -0.39 is 0 Å². The first-order valence-electron chi connectivity index (χ1n) is 13.5. The van der Waals surface area contributed by atoms with E-state index in [-0.39, 0.29) is 40.8 Å². The summed E-state index contributed by atoms with van der Waals surface area (Å²) in [5.74, 6) is 2.23. The summed E-state index contributed by atoms with van der Waals surface area (Å²) in [6, 6.07) is 10.3.